The summed E-state index contributed by atoms with van der Waals surface area (Å²) in [5.41, 5.74) is 0.981. The van der Waals surface area contributed by atoms with Crippen molar-refractivity contribution in [1.29, 1.82) is 0 Å². The molecule has 3 aromatic rings. The Morgan fingerprint density at radius 1 is 0.952 bits per heavy atom. The van der Waals surface area contributed by atoms with Crippen molar-refractivity contribution < 1.29 is 21.2 Å². The van der Waals surface area contributed by atoms with Crippen molar-refractivity contribution in [3.8, 4) is 11.3 Å². The lowest BCUT2D eigenvalue weighted by atomic mass is 10.2. The molecular weight excluding hydrogens is 309 g/mol. The minimum Gasteiger partial charge on any atom is -1.00 e. The summed E-state index contributed by atoms with van der Waals surface area (Å²) in [6.45, 7) is 1.33. The molecule has 0 spiro atoms. The first-order valence-corrected chi connectivity index (χ1v) is 6.77. The van der Waals surface area contributed by atoms with E-state index in [1.807, 2.05) is 48.5 Å². The van der Waals surface area contributed by atoms with Crippen LogP contribution in [-0.2, 0) is 13.1 Å². The number of furan rings is 2. The molecule has 0 saturated carbocycles. The number of halogens is 2. The van der Waals surface area contributed by atoms with E-state index in [9.17, 15) is 0 Å². The van der Waals surface area contributed by atoms with Gasteiger partial charge in [-0.25, -0.2) is 0 Å². The van der Waals surface area contributed by atoms with Gasteiger partial charge >= 0.3 is 0 Å². The van der Waals surface area contributed by atoms with Gasteiger partial charge in [-0.2, -0.15) is 0 Å². The maximum absolute atomic E-state index is 5.98. The lowest BCUT2D eigenvalue weighted by Crippen LogP contribution is -3.00. The lowest BCUT2D eigenvalue weighted by Gasteiger charge is -2.00. The smallest absolute Gasteiger partial charge is 0.134 e. The van der Waals surface area contributed by atoms with Crippen LogP contribution >= 0.6 is 11.6 Å². The first-order chi connectivity index (χ1) is 9.81. The second-order valence-electron chi connectivity index (χ2n) is 4.46. The van der Waals surface area contributed by atoms with Crippen LogP contribution in [0.3, 0.4) is 0 Å². The molecule has 5 heteroatoms. The monoisotopic (exact) mass is 322 g/mol. The lowest BCUT2D eigenvalue weighted by molar-refractivity contribution is -0.00000502. The summed E-state index contributed by atoms with van der Waals surface area (Å²) in [6, 6.07) is 15.4. The minimum absolute atomic E-state index is 0. The maximum atomic E-state index is 5.98. The number of hydrogen-bond acceptors (Lipinski definition) is 3. The SMILES string of the molecule is Clc1cccc(-c2ccc(CNCc3ccco3)o2)c1.[Cl-]. The molecule has 0 aliphatic carbocycles. The second-order valence-corrected chi connectivity index (χ2v) is 4.90. The van der Waals surface area contributed by atoms with Crippen LogP contribution in [0.1, 0.15) is 11.5 Å². The molecule has 0 amide bonds. The van der Waals surface area contributed by atoms with E-state index in [1.165, 1.54) is 0 Å². The number of nitrogens with one attached hydrogen (secondary N) is 1. The van der Waals surface area contributed by atoms with Gasteiger partial charge in [0.25, 0.3) is 0 Å². The Bertz CT molecular complexity index is 677. The van der Waals surface area contributed by atoms with E-state index < -0.39 is 0 Å². The molecule has 0 saturated heterocycles. The Balaban J connectivity index is 0.00000161. The topological polar surface area (TPSA) is 38.3 Å². The van der Waals surface area contributed by atoms with Crippen LogP contribution in [0.2, 0.25) is 5.02 Å². The molecule has 1 aromatic carbocycles. The van der Waals surface area contributed by atoms with Crippen molar-refractivity contribution in [2.24, 2.45) is 0 Å². The van der Waals surface area contributed by atoms with Crippen molar-refractivity contribution in [2.75, 3.05) is 0 Å². The largest absolute Gasteiger partial charge is 1.00 e. The molecule has 0 atom stereocenters. The fourth-order valence-corrected chi connectivity index (χ4v) is 2.18. The molecule has 21 heavy (non-hydrogen) atoms. The number of hydrogen-bond donors (Lipinski definition) is 1. The Labute approximate surface area is 134 Å². The standard InChI is InChI=1S/C16H14ClNO2.ClH/c17-13-4-1-3-12(9-13)16-7-6-15(20-16)11-18-10-14-5-2-8-19-14;/h1-9,18H,10-11H2;1H/p-1. The van der Waals surface area contributed by atoms with Crippen LogP contribution in [0.4, 0.5) is 0 Å². The van der Waals surface area contributed by atoms with Crippen molar-refractivity contribution in [1.82, 2.24) is 5.32 Å². The highest BCUT2D eigenvalue weighted by Crippen LogP contribution is 2.24. The summed E-state index contributed by atoms with van der Waals surface area (Å²) in [5.74, 6) is 2.61. The summed E-state index contributed by atoms with van der Waals surface area (Å²) in [4.78, 5) is 0. The summed E-state index contributed by atoms with van der Waals surface area (Å²) < 4.78 is 11.0. The van der Waals surface area contributed by atoms with Gasteiger partial charge in [0.15, 0.2) is 0 Å². The Kier molecular flexibility index (Phi) is 5.51. The zero-order chi connectivity index (χ0) is 13.8. The van der Waals surface area contributed by atoms with E-state index in [-0.39, 0.29) is 12.4 Å². The highest BCUT2D eigenvalue weighted by Gasteiger charge is 2.05. The van der Waals surface area contributed by atoms with Gasteiger partial charge in [-0.05, 0) is 36.4 Å². The van der Waals surface area contributed by atoms with Gasteiger partial charge in [-0.1, -0.05) is 23.7 Å². The van der Waals surface area contributed by atoms with Gasteiger partial charge in [0, 0.05) is 10.6 Å². The molecule has 0 aliphatic heterocycles. The molecule has 0 radical (unpaired) electrons. The molecule has 0 fully saturated rings. The molecule has 2 heterocycles. The third kappa shape index (κ3) is 4.14. The summed E-state index contributed by atoms with van der Waals surface area (Å²) in [6.07, 6.45) is 1.67. The first-order valence-electron chi connectivity index (χ1n) is 6.39. The van der Waals surface area contributed by atoms with Crippen LogP contribution < -0.4 is 17.7 Å². The molecule has 3 rings (SSSR count). The quantitative estimate of drug-likeness (QED) is 0.773. The van der Waals surface area contributed by atoms with Crippen LogP contribution in [0.5, 0.6) is 0 Å². The highest BCUT2D eigenvalue weighted by atomic mass is 35.5. The van der Waals surface area contributed by atoms with Gasteiger partial charge in [-0.15, -0.1) is 0 Å². The average molecular weight is 323 g/mol. The highest BCUT2D eigenvalue weighted by molar-refractivity contribution is 6.30. The zero-order valence-electron chi connectivity index (χ0n) is 11.2. The number of rotatable bonds is 5. The third-order valence-electron chi connectivity index (χ3n) is 2.95. The van der Waals surface area contributed by atoms with Crippen LogP contribution in [-0.4, -0.2) is 0 Å². The van der Waals surface area contributed by atoms with E-state index >= 15 is 0 Å². The fraction of sp³-hybridized carbons (Fsp3) is 0.125. The minimum atomic E-state index is 0. The van der Waals surface area contributed by atoms with Crippen molar-refractivity contribution >= 4 is 11.6 Å². The molecule has 0 unspecified atom stereocenters. The predicted octanol–water partition coefficient (Wildman–Crippen LogP) is 1.49. The second kappa shape index (κ2) is 7.36. The molecule has 110 valence electrons. The van der Waals surface area contributed by atoms with Gasteiger partial charge in [-0.3, -0.25) is 0 Å². The van der Waals surface area contributed by atoms with E-state index in [0.717, 1.165) is 22.8 Å². The normalized spacial score (nSPS) is 10.3. The molecule has 2 aromatic heterocycles. The third-order valence-corrected chi connectivity index (χ3v) is 3.18. The van der Waals surface area contributed by atoms with Gasteiger partial charge in [0.1, 0.15) is 17.3 Å². The van der Waals surface area contributed by atoms with E-state index in [2.05, 4.69) is 5.32 Å². The zero-order valence-corrected chi connectivity index (χ0v) is 12.7. The van der Waals surface area contributed by atoms with Crippen LogP contribution in [0, 0.1) is 0 Å². The van der Waals surface area contributed by atoms with Crippen molar-refractivity contribution in [2.45, 2.75) is 13.1 Å². The number of benzene rings is 1. The first kappa shape index (κ1) is 15.7. The molecule has 0 aliphatic rings. The van der Waals surface area contributed by atoms with E-state index in [0.29, 0.717) is 18.1 Å². The van der Waals surface area contributed by atoms with Gasteiger partial charge < -0.3 is 26.6 Å². The maximum Gasteiger partial charge on any atom is 0.134 e. The Morgan fingerprint density at radius 3 is 2.57 bits per heavy atom. The average Bonchev–Trinajstić information content (AvgIpc) is 3.10. The fourth-order valence-electron chi connectivity index (χ4n) is 1.99. The predicted molar refractivity (Wildman–Crippen MR) is 78.4 cm³/mol. The van der Waals surface area contributed by atoms with Crippen LogP contribution in [0.15, 0.2) is 63.6 Å². The van der Waals surface area contributed by atoms with Gasteiger partial charge in [0.05, 0.1) is 19.4 Å². The summed E-state index contributed by atoms with van der Waals surface area (Å²) >= 11 is 5.98. The van der Waals surface area contributed by atoms with Crippen LogP contribution in [0.25, 0.3) is 11.3 Å². The molecule has 0 bridgehead atoms. The Hall–Kier alpha value is -1.68. The molecular formula is C16H14Cl2NO2-. The molecule has 3 nitrogen and oxygen atoms in total. The summed E-state index contributed by atoms with van der Waals surface area (Å²) in [7, 11) is 0. The van der Waals surface area contributed by atoms with Crippen molar-refractivity contribution in [3.63, 3.8) is 0 Å². The van der Waals surface area contributed by atoms with Crippen molar-refractivity contribution in [3.05, 3.63) is 71.3 Å². The van der Waals surface area contributed by atoms with E-state index in [4.69, 9.17) is 20.4 Å². The Morgan fingerprint density at radius 2 is 1.81 bits per heavy atom. The summed E-state index contributed by atoms with van der Waals surface area (Å²) in [5, 5.41) is 3.97. The van der Waals surface area contributed by atoms with E-state index in [1.54, 1.807) is 6.26 Å². The van der Waals surface area contributed by atoms with Gasteiger partial charge in [0.2, 0.25) is 0 Å². The molecule has 1 N–H and O–H groups in total.